The summed E-state index contributed by atoms with van der Waals surface area (Å²) in [6, 6.07) is 12.7. The molecule has 0 unspecified atom stereocenters. The Balaban J connectivity index is 1.96. The van der Waals surface area contributed by atoms with Crippen LogP contribution in [0.5, 0.6) is 11.5 Å². The number of nitrogens with one attached hydrogen (secondary N) is 2. The lowest BCUT2D eigenvalue weighted by Crippen LogP contribution is -2.29. The molecule has 1 atom stereocenters. The van der Waals surface area contributed by atoms with Crippen LogP contribution in [0.2, 0.25) is 0 Å². The Morgan fingerprint density at radius 2 is 2.00 bits per heavy atom. The summed E-state index contributed by atoms with van der Waals surface area (Å²) in [5.41, 5.74) is 4.23. The van der Waals surface area contributed by atoms with E-state index in [9.17, 15) is 20.0 Å². The summed E-state index contributed by atoms with van der Waals surface area (Å²) in [4.78, 5) is 25.8. The molecule has 192 valence electrons. The minimum absolute atomic E-state index is 0.00693. The molecule has 1 amide bonds. The lowest BCUT2D eigenvalue weighted by Gasteiger charge is -2.29. The Bertz CT molecular complexity index is 1340. The van der Waals surface area contributed by atoms with Gasteiger partial charge in [-0.15, -0.1) is 0 Å². The maximum absolute atomic E-state index is 13.0. The quantitative estimate of drug-likeness (QED) is 0.319. The van der Waals surface area contributed by atoms with E-state index in [1.165, 1.54) is 31.0 Å². The number of aromatic hydroxyl groups is 1. The van der Waals surface area contributed by atoms with Crippen LogP contribution in [0.25, 0.3) is 0 Å². The molecule has 0 aliphatic carbocycles. The number of hydrogen-bond donors (Lipinski definition) is 3. The van der Waals surface area contributed by atoms with Crippen LogP contribution >= 0.6 is 11.8 Å². The van der Waals surface area contributed by atoms with Crippen molar-refractivity contribution in [2.24, 2.45) is 0 Å². The first kappa shape index (κ1) is 27.4. The van der Waals surface area contributed by atoms with Crippen molar-refractivity contribution in [2.45, 2.75) is 26.7 Å². The molecular formula is C28H29N3O5S. The standard InChI is InChI=1S/C28H29N3O5S/c1-6-11-36-28(34)25-18(4)30-27(37-15-24(33)31-21-12-16(2)7-8-17(21)3)20(14-29)26(25)19-9-10-22(32)23(13-19)35-5/h6-10,12-13,26,30,32H,1,11,15H2,2-5H3,(H,31,33)/t26-/m1/s1. The average Bonchev–Trinajstić information content (AvgIpc) is 2.88. The molecule has 0 spiro atoms. The lowest BCUT2D eigenvalue weighted by molar-refractivity contribution is -0.138. The fourth-order valence-electron chi connectivity index (χ4n) is 3.91. The third kappa shape index (κ3) is 6.35. The third-order valence-electron chi connectivity index (χ3n) is 5.75. The van der Waals surface area contributed by atoms with Crippen LogP contribution in [0, 0.1) is 25.2 Å². The minimum atomic E-state index is -0.803. The first-order chi connectivity index (χ1) is 17.7. The van der Waals surface area contributed by atoms with Gasteiger partial charge in [-0.05, 0) is 55.7 Å². The number of phenolic OH excluding ortho intramolecular Hbond substituents is 1. The number of rotatable bonds is 9. The molecule has 1 aliphatic heterocycles. The van der Waals surface area contributed by atoms with Gasteiger partial charge in [-0.3, -0.25) is 4.79 Å². The number of anilines is 1. The number of dihydropyridines is 1. The van der Waals surface area contributed by atoms with Gasteiger partial charge in [0.1, 0.15) is 6.61 Å². The summed E-state index contributed by atoms with van der Waals surface area (Å²) in [6.07, 6.45) is 1.46. The highest BCUT2D eigenvalue weighted by atomic mass is 32.2. The van der Waals surface area contributed by atoms with Crippen molar-refractivity contribution in [1.82, 2.24) is 5.32 Å². The molecule has 0 aromatic heterocycles. The van der Waals surface area contributed by atoms with E-state index >= 15 is 0 Å². The van der Waals surface area contributed by atoms with Gasteiger partial charge in [-0.25, -0.2) is 4.79 Å². The molecular weight excluding hydrogens is 490 g/mol. The van der Waals surface area contributed by atoms with Gasteiger partial charge in [-0.2, -0.15) is 5.26 Å². The van der Waals surface area contributed by atoms with E-state index in [1.807, 2.05) is 32.0 Å². The number of thioether (sulfide) groups is 1. The minimum Gasteiger partial charge on any atom is -0.504 e. The summed E-state index contributed by atoms with van der Waals surface area (Å²) in [6.45, 7) is 9.15. The molecule has 1 aliphatic rings. The number of phenols is 1. The van der Waals surface area contributed by atoms with E-state index in [-0.39, 0.29) is 40.9 Å². The summed E-state index contributed by atoms with van der Waals surface area (Å²) >= 11 is 1.17. The number of methoxy groups -OCH3 is 1. The van der Waals surface area contributed by atoms with Crippen LogP contribution in [-0.2, 0) is 14.3 Å². The molecule has 0 radical (unpaired) electrons. The molecule has 0 fully saturated rings. The number of esters is 1. The zero-order chi connectivity index (χ0) is 27.1. The second-order valence-electron chi connectivity index (χ2n) is 8.42. The molecule has 2 aromatic rings. The van der Waals surface area contributed by atoms with Crippen molar-refractivity contribution in [1.29, 1.82) is 5.26 Å². The molecule has 0 saturated carbocycles. The van der Waals surface area contributed by atoms with E-state index in [1.54, 1.807) is 19.1 Å². The lowest BCUT2D eigenvalue weighted by atomic mass is 9.82. The van der Waals surface area contributed by atoms with Gasteiger partial charge in [-0.1, -0.05) is 42.6 Å². The third-order valence-corrected chi connectivity index (χ3v) is 6.77. The van der Waals surface area contributed by atoms with Gasteiger partial charge in [0.2, 0.25) is 5.91 Å². The van der Waals surface area contributed by atoms with Gasteiger partial charge in [0.05, 0.1) is 41.0 Å². The molecule has 8 nitrogen and oxygen atoms in total. The Kier molecular flexibility index (Phi) is 9.04. The number of nitriles is 1. The van der Waals surface area contributed by atoms with Gasteiger partial charge >= 0.3 is 5.97 Å². The van der Waals surface area contributed by atoms with Gasteiger partial charge in [0.25, 0.3) is 0 Å². The highest BCUT2D eigenvalue weighted by molar-refractivity contribution is 8.03. The summed E-state index contributed by atoms with van der Waals surface area (Å²) < 4.78 is 10.6. The summed E-state index contributed by atoms with van der Waals surface area (Å²) in [5.74, 6) is -1.47. The number of carbonyl (C=O) groups excluding carboxylic acids is 2. The van der Waals surface area contributed by atoms with E-state index < -0.39 is 11.9 Å². The smallest absolute Gasteiger partial charge is 0.337 e. The number of hydrogen-bond acceptors (Lipinski definition) is 8. The monoisotopic (exact) mass is 519 g/mol. The number of benzene rings is 2. The molecule has 1 heterocycles. The van der Waals surface area contributed by atoms with Crippen LogP contribution in [0.15, 0.2) is 70.9 Å². The Morgan fingerprint density at radius 3 is 2.68 bits per heavy atom. The van der Waals surface area contributed by atoms with Crippen LogP contribution < -0.4 is 15.4 Å². The summed E-state index contributed by atoms with van der Waals surface area (Å²) in [7, 11) is 1.42. The van der Waals surface area contributed by atoms with E-state index in [0.717, 1.165) is 16.8 Å². The van der Waals surface area contributed by atoms with Crippen molar-refractivity contribution in [3.05, 3.63) is 87.6 Å². The number of allylic oxidation sites excluding steroid dienone is 2. The summed E-state index contributed by atoms with van der Waals surface area (Å²) in [5, 5.41) is 26.7. The fraction of sp³-hybridized carbons (Fsp3) is 0.250. The van der Waals surface area contributed by atoms with Crippen molar-refractivity contribution in [3.8, 4) is 17.6 Å². The van der Waals surface area contributed by atoms with Crippen molar-refractivity contribution in [3.63, 3.8) is 0 Å². The first-order valence-corrected chi connectivity index (χ1v) is 12.5. The van der Waals surface area contributed by atoms with E-state index in [4.69, 9.17) is 9.47 Å². The zero-order valence-electron chi connectivity index (χ0n) is 21.2. The number of aryl methyl sites for hydroxylation is 2. The normalized spacial score (nSPS) is 14.9. The molecule has 3 N–H and O–H groups in total. The van der Waals surface area contributed by atoms with Crippen LogP contribution in [0.3, 0.4) is 0 Å². The average molecular weight is 520 g/mol. The van der Waals surface area contributed by atoms with Gasteiger partial charge in [0, 0.05) is 11.4 Å². The number of amides is 1. The Labute approximate surface area is 220 Å². The van der Waals surface area contributed by atoms with E-state index in [0.29, 0.717) is 16.3 Å². The molecule has 0 saturated heterocycles. The molecule has 9 heteroatoms. The number of nitrogens with zero attached hydrogens (tertiary/aromatic N) is 1. The van der Waals surface area contributed by atoms with E-state index in [2.05, 4.69) is 23.3 Å². The predicted octanol–water partition coefficient (Wildman–Crippen LogP) is 4.81. The molecule has 2 aromatic carbocycles. The molecule has 3 rings (SSSR count). The number of carbonyl (C=O) groups is 2. The SMILES string of the molecule is C=CCOC(=O)C1=C(C)NC(SCC(=O)Nc2cc(C)ccc2C)=C(C#N)[C@H]1c1ccc(O)c(OC)c1. The maximum atomic E-state index is 13.0. The van der Waals surface area contributed by atoms with Crippen LogP contribution in [0.1, 0.15) is 29.5 Å². The fourth-order valence-corrected chi connectivity index (χ4v) is 4.80. The van der Waals surface area contributed by atoms with Crippen molar-refractivity contribution in [2.75, 3.05) is 24.8 Å². The van der Waals surface area contributed by atoms with Crippen LogP contribution in [0.4, 0.5) is 5.69 Å². The Morgan fingerprint density at radius 1 is 1.24 bits per heavy atom. The first-order valence-electron chi connectivity index (χ1n) is 11.5. The van der Waals surface area contributed by atoms with Gasteiger partial charge < -0.3 is 25.2 Å². The zero-order valence-corrected chi connectivity index (χ0v) is 22.0. The largest absolute Gasteiger partial charge is 0.504 e. The second-order valence-corrected chi connectivity index (χ2v) is 9.41. The highest BCUT2D eigenvalue weighted by Gasteiger charge is 2.36. The van der Waals surface area contributed by atoms with Crippen molar-refractivity contribution >= 4 is 29.3 Å². The van der Waals surface area contributed by atoms with Gasteiger partial charge in [0.15, 0.2) is 11.5 Å². The Hall–Kier alpha value is -4.16. The molecule has 37 heavy (non-hydrogen) atoms. The molecule has 0 bridgehead atoms. The second kappa shape index (κ2) is 12.2. The predicted molar refractivity (Wildman–Crippen MR) is 144 cm³/mol. The topological polar surface area (TPSA) is 121 Å². The number of ether oxygens (including phenoxy) is 2. The van der Waals surface area contributed by atoms with Crippen molar-refractivity contribution < 1.29 is 24.2 Å². The van der Waals surface area contributed by atoms with Crippen LogP contribution in [-0.4, -0.2) is 36.5 Å². The maximum Gasteiger partial charge on any atom is 0.337 e. The highest BCUT2D eigenvalue weighted by Crippen LogP contribution is 2.43.